The maximum Gasteiger partial charge on any atom is 0.268 e. The van der Waals surface area contributed by atoms with Gasteiger partial charge in [0.25, 0.3) is 5.91 Å². The predicted molar refractivity (Wildman–Crippen MR) is 87.5 cm³/mol. The normalized spacial score (nSPS) is 23.8. The monoisotopic (exact) mass is 353 g/mol. The van der Waals surface area contributed by atoms with Gasteiger partial charge in [0, 0.05) is 28.8 Å². The molecule has 21 heavy (non-hydrogen) atoms. The molecule has 1 aliphatic carbocycles. The third-order valence-electron chi connectivity index (χ3n) is 4.84. The summed E-state index contributed by atoms with van der Waals surface area (Å²) < 4.78 is 3.02. The zero-order chi connectivity index (χ0) is 14.9. The summed E-state index contributed by atoms with van der Waals surface area (Å²) in [6.45, 7) is 4.03. The molecule has 3 rings (SSSR count). The Labute approximate surface area is 134 Å². The molecule has 0 aromatic carbocycles. The molecule has 2 aliphatic rings. The van der Waals surface area contributed by atoms with E-state index in [2.05, 4.69) is 33.5 Å². The molecule has 0 bridgehead atoms. The quantitative estimate of drug-likeness (QED) is 0.873. The topological polar surface area (TPSA) is 46.1 Å². The van der Waals surface area contributed by atoms with Gasteiger partial charge in [-0.2, -0.15) is 0 Å². The number of carbonyl (C=O) groups is 1. The fraction of sp³-hybridized carbons (Fsp3) is 0.688. The number of piperidine rings is 1. The van der Waals surface area contributed by atoms with Crippen LogP contribution in [0.1, 0.15) is 55.9 Å². The number of carbonyl (C=O) groups excluding carboxylic acids is 1. The van der Waals surface area contributed by atoms with Crippen LogP contribution in [0.3, 0.4) is 0 Å². The predicted octanol–water partition coefficient (Wildman–Crippen LogP) is 3.07. The van der Waals surface area contributed by atoms with E-state index in [0.29, 0.717) is 11.6 Å². The molecule has 1 aromatic heterocycles. The Balaban J connectivity index is 1.65. The first-order valence-corrected chi connectivity index (χ1v) is 8.83. The second kappa shape index (κ2) is 6.13. The van der Waals surface area contributed by atoms with Crippen molar-refractivity contribution in [2.45, 2.75) is 63.6 Å². The number of aryl methyl sites for hydroxylation is 1. The first-order chi connectivity index (χ1) is 10.1. The van der Waals surface area contributed by atoms with Crippen LogP contribution in [-0.2, 0) is 6.54 Å². The average molecular weight is 354 g/mol. The van der Waals surface area contributed by atoms with Crippen molar-refractivity contribution in [3.05, 3.63) is 22.4 Å². The molecule has 2 fully saturated rings. The van der Waals surface area contributed by atoms with E-state index in [-0.39, 0.29) is 5.91 Å². The van der Waals surface area contributed by atoms with Crippen LogP contribution >= 0.6 is 15.9 Å². The Hall–Kier alpha value is -0.810. The van der Waals surface area contributed by atoms with Crippen LogP contribution < -0.4 is 10.6 Å². The van der Waals surface area contributed by atoms with Crippen LogP contribution in [0.5, 0.6) is 0 Å². The van der Waals surface area contributed by atoms with Gasteiger partial charge in [-0.1, -0.05) is 6.92 Å². The molecule has 1 aliphatic heterocycles. The van der Waals surface area contributed by atoms with Gasteiger partial charge in [0.2, 0.25) is 0 Å². The van der Waals surface area contributed by atoms with Gasteiger partial charge in [0.1, 0.15) is 5.69 Å². The molecule has 1 unspecified atom stereocenters. The molecule has 1 saturated carbocycles. The summed E-state index contributed by atoms with van der Waals surface area (Å²) in [5.41, 5.74) is 1.09. The lowest BCUT2D eigenvalue weighted by atomic mass is 9.70. The van der Waals surface area contributed by atoms with Gasteiger partial charge in [0.05, 0.1) is 0 Å². The number of hydrogen-bond acceptors (Lipinski definition) is 2. The molecule has 1 spiro atoms. The van der Waals surface area contributed by atoms with Gasteiger partial charge < -0.3 is 15.2 Å². The smallest absolute Gasteiger partial charge is 0.268 e. The summed E-state index contributed by atoms with van der Waals surface area (Å²) in [5.74, 6) is 0.0653. The number of aromatic nitrogens is 1. The Morgan fingerprint density at radius 2 is 2.38 bits per heavy atom. The zero-order valence-corrected chi connectivity index (χ0v) is 14.2. The number of amides is 1. The summed E-state index contributed by atoms with van der Waals surface area (Å²) in [6.07, 6.45) is 8.97. The molecular weight excluding hydrogens is 330 g/mol. The van der Waals surface area contributed by atoms with Crippen molar-refractivity contribution in [1.82, 2.24) is 15.2 Å². The van der Waals surface area contributed by atoms with E-state index in [1.165, 1.54) is 19.3 Å². The van der Waals surface area contributed by atoms with Gasteiger partial charge in [-0.3, -0.25) is 4.79 Å². The maximum absolute atomic E-state index is 12.6. The zero-order valence-electron chi connectivity index (χ0n) is 12.6. The number of rotatable bonds is 4. The lowest BCUT2D eigenvalue weighted by molar-refractivity contribution is 0.0844. The molecule has 5 heteroatoms. The largest absolute Gasteiger partial charge is 0.348 e. The minimum atomic E-state index is 0.0653. The first kappa shape index (κ1) is 15.1. The second-order valence-electron chi connectivity index (χ2n) is 6.46. The van der Waals surface area contributed by atoms with Gasteiger partial charge in [-0.15, -0.1) is 0 Å². The fourth-order valence-corrected chi connectivity index (χ4v) is 4.08. The molecule has 1 atom stereocenters. The highest BCUT2D eigenvalue weighted by Crippen LogP contribution is 2.38. The highest BCUT2D eigenvalue weighted by atomic mass is 79.9. The lowest BCUT2D eigenvalue weighted by Gasteiger charge is -2.48. The molecule has 0 radical (unpaired) electrons. The highest BCUT2D eigenvalue weighted by molar-refractivity contribution is 9.10. The van der Waals surface area contributed by atoms with Crippen molar-refractivity contribution in [3.8, 4) is 0 Å². The van der Waals surface area contributed by atoms with Crippen LogP contribution in [-0.4, -0.2) is 28.6 Å². The van der Waals surface area contributed by atoms with E-state index in [1.54, 1.807) is 0 Å². The minimum Gasteiger partial charge on any atom is -0.348 e. The number of halogens is 1. The standard InChI is InChI=1S/C16H24BrN3O/c1-2-8-20-11-12(17)9-14(20)15(21)19-13-4-7-18-16(10-13)5-3-6-16/h9,11,13,18H,2-8,10H2,1H3,(H,19,21). The van der Waals surface area contributed by atoms with Crippen molar-refractivity contribution in [2.24, 2.45) is 0 Å². The Kier molecular flexibility index (Phi) is 4.41. The molecule has 2 heterocycles. The second-order valence-corrected chi connectivity index (χ2v) is 7.38. The van der Waals surface area contributed by atoms with E-state index >= 15 is 0 Å². The highest BCUT2D eigenvalue weighted by Gasteiger charge is 2.41. The third kappa shape index (κ3) is 3.19. The van der Waals surface area contributed by atoms with Crippen molar-refractivity contribution >= 4 is 21.8 Å². The van der Waals surface area contributed by atoms with E-state index in [1.807, 2.05) is 16.8 Å². The van der Waals surface area contributed by atoms with E-state index in [9.17, 15) is 4.79 Å². The van der Waals surface area contributed by atoms with Gasteiger partial charge in [-0.05, 0) is 67.1 Å². The summed E-state index contributed by atoms with van der Waals surface area (Å²) in [7, 11) is 0. The lowest BCUT2D eigenvalue weighted by Crippen LogP contribution is -2.59. The summed E-state index contributed by atoms with van der Waals surface area (Å²) in [4.78, 5) is 12.6. The van der Waals surface area contributed by atoms with Crippen LogP contribution in [0.4, 0.5) is 0 Å². The van der Waals surface area contributed by atoms with Crippen molar-refractivity contribution < 1.29 is 4.79 Å². The van der Waals surface area contributed by atoms with Crippen LogP contribution in [0, 0.1) is 0 Å². The number of hydrogen-bond donors (Lipinski definition) is 2. The average Bonchev–Trinajstić information content (AvgIpc) is 2.79. The molecule has 1 amide bonds. The summed E-state index contributed by atoms with van der Waals surface area (Å²) >= 11 is 3.47. The van der Waals surface area contributed by atoms with Crippen molar-refractivity contribution in [2.75, 3.05) is 6.54 Å². The third-order valence-corrected chi connectivity index (χ3v) is 5.27. The molecule has 116 valence electrons. The van der Waals surface area contributed by atoms with E-state index in [0.717, 1.165) is 42.5 Å². The maximum atomic E-state index is 12.6. The number of nitrogens with one attached hydrogen (secondary N) is 2. The van der Waals surface area contributed by atoms with Crippen LogP contribution in [0.25, 0.3) is 0 Å². The minimum absolute atomic E-state index is 0.0653. The van der Waals surface area contributed by atoms with Gasteiger partial charge >= 0.3 is 0 Å². The van der Waals surface area contributed by atoms with Crippen molar-refractivity contribution in [3.63, 3.8) is 0 Å². The Morgan fingerprint density at radius 3 is 3.05 bits per heavy atom. The Morgan fingerprint density at radius 1 is 1.57 bits per heavy atom. The van der Waals surface area contributed by atoms with E-state index < -0.39 is 0 Å². The summed E-state index contributed by atoms with van der Waals surface area (Å²) in [6, 6.07) is 2.23. The molecule has 1 saturated heterocycles. The fourth-order valence-electron chi connectivity index (χ4n) is 3.62. The molecule has 4 nitrogen and oxygen atoms in total. The van der Waals surface area contributed by atoms with Gasteiger partial charge in [-0.25, -0.2) is 0 Å². The Bertz CT molecular complexity index is 522. The van der Waals surface area contributed by atoms with Crippen LogP contribution in [0.15, 0.2) is 16.7 Å². The summed E-state index contributed by atoms with van der Waals surface area (Å²) in [5, 5.41) is 6.90. The molecule has 2 N–H and O–H groups in total. The van der Waals surface area contributed by atoms with Crippen molar-refractivity contribution in [1.29, 1.82) is 0 Å². The van der Waals surface area contributed by atoms with Crippen LogP contribution in [0.2, 0.25) is 0 Å². The first-order valence-electron chi connectivity index (χ1n) is 8.03. The molecule has 1 aromatic rings. The van der Waals surface area contributed by atoms with Gasteiger partial charge in [0.15, 0.2) is 0 Å². The van der Waals surface area contributed by atoms with E-state index in [4.69, 9.17) is 0 Å². The number of nitrogens with zero attached hydrogens (tertiary/aromatic N) is 1. The molecular formula is C16H24BrN3O. The SMILES string of the molecule is CCCn1cc(Br)cc1C(=O)NC1CCNC2(CCC2)C1.